The number of rotatable bonds is 4. The Kier molecular flexibility index (Phi) is 4.49. The van der Waals surface area contributed by atoms with Crippen LogP contribution in [0.2, 0.25) is 0 Å². The van der Waals surface area contributed by atoms with Gasteiger partial charge >= 0.3 is 6.18 Å². The molecule has 21 heavy (non-hydrogen) atoms. The van der Waals surface area contributed by atoms with Crippen molar-refractivity contribution in [2.24, 2.45) is 0 Å². The molecule has 0 unspecified atom stereocenters. The van der Waals surface area contributed by atoms with Gasteiger partial charge in [-0.15, -0.1) is 0 Å². The second-order valence-electron chi connectivity index (χ2n) is 4.40. The smallest absolute Gasteiger partial charge is 0.416 e. The fourth-order valence-electron chi connectivity index (χ4n) is 1.84. The molecule has 5 heteroatoms. The summed E-state index contributed by atoms with van der Waals surface area (Å²) < 4.78 is 43.1. The van der Waals surface area contributed by atoms with E-state index in [1.165, 1.54) is 6.07 Å². The third kappa shape index (κ3) is 3.99. The van der Waals surface area contributed by atoms with Crippen LogP contribution in [0, 0.1) is 11.3 Å². The van der Waals surface area contributed by atoms with Crippen molar-refractivity contribution in [2.45, 2.75) is 12.6 Å². The summed E-state index contributed by atoms with van der Waals surface area (Å²) in [5, 5.41) is 8.93. The van der Waals surface area contributed by atoms with Gasteiger partial charge in [0.25, 0.3) is 0 Å². The van der Waals surface area contributed by atoms with Crippen LogP contribution in [0.15, 0.2) is 48.5 Å². The number of benzene rings is 2. The Morgan fingerprint density at radius 1 is 1.05 bits per heavy atom. The molecule has 0 aliphatic carbocycles. The van der Waals surface area contributed by atoms with Gasteiger partial charge in [-0.1, -0.05) is 30.3 Å². The van der Waals surface area contributed by atoms with Crippen molar-refractivity contribution in [3.05, 3.63) is 65.2 Å². The largest absolute Gasteiger partial charge is 0.492 e. The van der Waals surface area contributed by atoms with E-state index in [0.717, 1.165) is 17.7 Å². The lowest BCUT2D eigenvalue weighted by Crippen LogP contribution is -2.07. The van der Waals surface area contributed by atoms with E-state index in [0.29, 0.717) is 13.0 Å². The van der Waals surface area contributed by atoms with Gasteiger partial charge in [0.05, 0.1) is 17.7 Å². The van der Waals surface area contributed by atoms with E-state index < -0.39 is 11.7 Å². The quantitative estimate of drug-likeness (QED) is 0.845. The molecular formula is C16H12F3NO. The molecule has 2 rings (SSSR count). The molecule has 0 N–H and O–H groups in total. The predicted molar refractivity (Wildman–Crippen MR) is 71.8 cm³/mol. The number of ether oxygens (including phenoxy) is 1. The van der Waals surface area contributed by atoms with Gasteiger partial charge in [0, 0.05) is 6.42 Å². The van der Waals surface area contributed by atoms with Crippen LogP contribution in [0.3, 0.4) is 0 Å². The lowest BCUT2D eigenvalue weighted by molar-refractivity contribution is -0.137. The first-order chi connectivity index (χ1) is 10.0. The van der Waals surface area contributed by atoms with Gasteiger partial charge in [0.2, 0.25) is 0 Å². The molecule has 2 aromatic rings. The van der Waals surface area contributed by atoms with Crippen LogP contribution >= 0.6 is 0 Å². The topological polar surface area (TPSA) is 33.0 Å². The Balaban J connectivity index is 2.05. The Labute approximate surface area is 120 Å². The molecule has 0 saturated carbocycles. The predicted octanol–water partition coefficient (Wildman–Crippen LogP) is 4.20. The maximum absolute atomic E-state index is 12.6. The number of alkyl halides is 3. The van der Waals surface area contributed by atoms with E-state index in [-0.39, 0.29) is 11.3 Å². The molecule has 2 nitrogen and oxygen atoms in total. The van der Waals surface area contributed by atoms with Crippen LogP contribution in [0.1, 0.15) is 16.7 Å². The monoisotopic (exact) mass is 291 g/mol. The first-order valence-corrected chi connectivity index (χ1v) is 6.29. The number of hydrogen-bond donors (Lipinski definition) is 0. The second kappa shape index (κ2) is 6.31. The summed E-state index contributed by atoms with van der Waals surface area (Å²) in [7, 11) is 0. The molecule has 0 saturated heterocycles. The van der Waals surface area contributed by atoms with Crippen LogP contribution in [0.4, 0.5) is 13.2 Å². The third-order valence-electron chi connectivity index (χ3n) is 2.92. The fraction of sp³-hybridized carbons (Fsp3) is 0.188. The number of nitriles is 1. The Hall–Kier alpha value is -2.48. The van der Waals surface area contributed by atoms with Gasteiger partial charge in [0.15, 0.2) is 0 Å². The normalized spacial score (nSPS) is 11.0. The molecule has 0 bridgehead atoms. The molecule has 0 heterocycles. The summed E-state index contributed by atoms with van der Waals surface area (Å²) in [6.07, 6.45) is -3.85. The second-order valence-corrected chi connectivity index (χ2v) is 4.40. The van der Waals surface area contributed by atoms with Crippen LogP contribution < -0.4 is 4.74 Å². The molecule has 0 aromatic heterocycles. The lowest BCUT2D eigenvalue weighted by atomic mass is 10.1. The molecular weight excluding hydrogens is 279 g/mol. The van der Waals surface area contributed by atoms with Crippen molar-refractivity contribution in [3.8, 4) is 11.8 Å². The summed E-state index contributed by atoms with van der Waals surface area (Å²) >= 11 is 0. The summed E-state index contributed by atoms with van der Waals surface area (Å²) in [4.78, 5) is 0. The molecule has 0 amide bonds. The van der Waals surface area contributed by atoms with Crippen molar-refractivity contribution in [2.75, 3.05) is 6.61 Å². The van der Waals surface area contributed by atoms with Crippen molar-refractivity contribution in [1.82, 2.24) is 0 Å². The average molecular weight is 291 g/mol. The van der Waals surface area contributed by atoms with Gasteiger partial charge in [-0.05, 0) is 23.8 Å². The minimum absolute atomic E-state index is 0.113. The van der Waals surface area contributed by atoms with E-state index in [9.17, 15) is 13.2 Å². The molecule has 0 aliphatic heterocycles. The lowest BCUT2D eigenvalue weighted by Gasteiger charge is -2.11. The molecule has 0 radical (unpaired) electrons. The van der Waals surface area contributed by atoms with Crippen LogP contribution in [0.5, 0.6) is 5.75 Å². The van der Waals surface area contributed by atoms with Gasteiger partial charge in [-0.2, -0.15) is 18.4 Å². The van der Waals surface area contributed by atoms with E-state index in [1.807, 2.05) is 30.3 Å². The highest BCUT2D eigenvalue weighted by atomic mass is 19.4. The first-order valence-electron chi connectivity index (χ1n) is 6.29. The molecule has 0 spiro atoms. The zero-order valence-electron chi connectivity index (χ0n) is 11.0. The van der Waals surface area contributed by atoms with Gasteiger partial charge < -0.3 is 4.74 Å². The maximum atomic E-state index is 12.6. The maximum Gasteiger partial charge on any atom is 0.416 e. The van der Waals surface area contributed by atoms with Crippen molar-refractivity contribution < 1.29 is 17.9 Å². The summed E-state index contributed by atoms with van der Waals surface area (Å²) in [5.41, 5.74) is 0.0928. The number of nitrogens with zero attached hydrogens (tertiary/aromatic N) is 1. The zero-order chi connectivity index (χ0) is 15.3. The molecule has 2 aromatic carbocycles. The van der Waals surface area contributed by atoms with E-state index in [4.69, 9.17) is 10.00 Å². The summed E-state index contributed by atoms with van der Waals surface area (Å²) in [5.74, 6) is 0.168. The van der Waals surface area contributed by atoms with Crippen LogP contribution in [-0.4, -0.2) is 6.61 Å². The Bertz CT molecular complexity index is 645. The fourth-order valence-corrected chi connectivity index (χ4v) is 1.84. The van der Waals surface area contributed by atoms with Gasteiger partial charge in [-0.3, -0.25) is 0 Å². The molecule has 0 atom stereocenters. The van der Waals surface area contributed by atoms with E-state index >= 15 is 0 Å². The van der Waals surface area contributed by atoms with Crippen LogP contribution in [-0.2, 0) is 12.6 Å². The molecule has 0 aliphatic rings. The van der Waals surface area contributed by atoms with Gasteiger partial charge in [0.1, 0.15) is 11.8 Å². The van der Waals surface area contributed by atoms with E-state index in [1.54, 1.807) is 6.07 Å². The highest BCUT2D eigenvalue weighted by Crippen LogP contribution is 2.32. The SMILES string of the molecule is N#Cc1cc(C(F)(F)F)ccc1OCCc1ccccc1. The third-order valence-corrected chi connectivity index (χ3v) is 2.92. The number of halogens is 3. The average Bonchev–Trinajstić information content (AvgIpc) is 2.47. The minimum Gasteiger partial charge on any atom is -0.492 e. The van der Waals surface area contributed by atoms with E-state index in [2.05, 4.69) is 0 Å². The highest BCUT2D eigenvalue weighted by molar-refractivity contribution is 5.46. The Morgan fingerprint density at radius 2 is 1.76 bits per heavy atom. The van der Waals surface area contributed by atoms with Crippen molar-refractivity contribution in [1.29, 1.82) is 5.26 Å². The standard InChI is InChI=1S/C16H12F3NO/c17-16(18,19)14-6-7-15(13(10-14)11-20)21-9-8-12-4-2-1-3-5-12/h1-7,10H,8-9H2. The number of hydrogen-bond acceptors (Lipinski definition) is 2. The minimum atomic E-state index is -4.46. The van der Waals surface area contributed by atoms with Crippen molar-refractivity contribution in [3.63, 3.8) is 0 Å². The van der Waals surface area contributed by atoms with Crippen LogP contribution in [0.25, 0.3) is 0 Å². The Morgan fingerprint density at radius 3 is 2.38 bits per heavy atom. The zero-order valence-corrected chi connectivity index (χ0v) is 11.0. The van der Waals surface area contributed by atoms with Gasteiger partial charge in [-0.25, -0.2) is 0 Å². The molecule has 0 fully saturated rings. The van der Waals surface area contributed by atoms with Crippen molar-refractivity contribution >= 4 is 0 Å². The highest BCUT2D eigenvalue weighted by Gasteiger charge is 2.31. The first kappa shape index (κ1) is 14.9. The molecule has 108 valence electrons. The summed E-state index contributed by atoms with van der Waals surface area (Å²) in [6.45, 7) is 0.296. The summed E-state index contributed by atoms with van der Waals surface area (Å²) in [6, 6.07) is 14.2.